The summed E-state index contributed by atoms with van der Waals surface area (Å²) < 4.78 is 10.2. The predicted octanol–water partition coefficient (Wildman–Crippen LogP) is 2.10. The molecule has 2 rings (SSSR count). The molecule has 0 aliphatic rings. The number of phenolic OH excluding ortho intramolecular Hbond substituents is 1. The fraction of sp³-hybridized carbons (Fsp3) is 0.176. The SMILES string of the molecule is COc1cccc(CC(=O)NN=Cc2ccc(O)cc2OC)c1. The van der Waals surface area contributed by atoms with E-state index < -0.39 is 0 Å². The predicted molar refractivity (Wildman–Crippen MR) is 87.1 cm³/mol. The van der Waals surface area contributed by atoms with Crippen LogP contribution in [-0.2, 0) is 11.2 Å². The topological polar surface area (TPSA) is 80.2 Å². The van der Waals surface area contributed by atoms with Crippen LogP contribution in [0.5, 0.6) is 17.2 Å². The molecule has 2 aromatic rings. The quantitative estimate of drug-likeness (QED) is 0.632. The van der Waals surface area contributed by atoms with Gasteiger partial charge >= 0.3 is 0 Å². The van der Waals surface area contributed by atoms with E-state index in [4.69, 9.17) is 9.47 Å². The van der Waals surface area contributed by atoms with Gasteiger partial charge in [0, 0.05) is 11.6 Å². The van der Waals surface area contributed by atoms with E-state index in [1.165, 1.54) is 25.5 Å². The maximum Gasteiger partial charge on any atom is 0.244 e. The molecule has 0 spiro atoms. The third-order valence-corrected chi connectivity index (χ3v) is 3.11. The lowest BCUT2D eigenvalue weighted by Crippen LogP contribution is -2.19. The monoisotopic (exact) mass is 314 g/mol. The van der Waals surface area contributed by atoms with Gasteiger partial charge in [-0.3, -0.25) is 4.79 Å². The van der Waals surface area contributed by atoms with E-state index >= 15 is 0 Å². The summed E-state index contributed by atoms with van der Waals surface area (Å²) in [5.74, 6) is 1.02. The highest BCUT2D eigenvalue weighted by molar-refractivity contribution is 5.86. The summed E-state index contributed by atoms with van der Waals surface area (Å²) in [5, 5.41) is 13.3. The minimum atomic E-state index is -0.243. The van der Waals surface area contributed by atoms with E-state index in [1.54, 1.807) is 19.2 Å². The van der Waals surface area contributed by atoms with Crippen LogP contribution in [0.25, 0.3) is 0 Å². The first-order valence-corrected chi connectivity index (χ1v) is 6.94. The molecule has 0 saturated heterocycles. The molecule has 2 N–H and O–H groups in total. The molecule has 6 nitrogen and oxygen atoms in total. The van der Waals surface area contributed by atoms with Gasteiger partial charge < -0.3 is 14.6 Å². The van der Waals surface area contributed by atoms with E-state index in [2.05, 4.69) is 10.5 Å². The third-order valence-electron chi connectivity index (χ3n) is 3.11. The molecule has 2 aromatic carbocycles. The maximum absolute atomic E-state index is 11.9. The van der Waals surface area contributed by atoms with Crippen molar-refractivity contribution in [3.8, 4) is 17.2 Å². The molecule has 0 saturated carbocycles. The van der Waals surface area contributed by atoms with Gasteiger partial charge in [-0.25, -0.2) is 5.43 Å². The van der Waals surface area contributed by atoms with Gasteiger partial charge in [0.2, 0.25) is 5.91 Å². The van der Waals surface area contributed by atoms with Crippen LogP contribution in [0.1, 0.15) is 11.1 Å². The van der Waals surface area contributed by atoms with E-state index in [0.29, 0.717) is 17.1 Å². The summed E-state index contributed by atoms with van der Waals surface area (Å²) in [5.41, 5.74) is 3.93. The molecule has 0 fully saturated rings. The van der Waals surface area contributed by atoms with Crippen molar-refractivity contribution < 1.29 is 19.4 Å². The molecular weight excluding hydrogens is 296 g/mol. The van der Waals surface area contributed by atoms with Gasteiger partial charge in [-0.1, -0.05) is 12.1 Å². The van der Waals surface area contributed by atoms with Gasteiger partial charge in [0.05, 0.1) is 26.9 Å². The average Bonchev–Trinajstić information content (AvgIpc) is 2.56. The number of methoxy groups -OCH3 is 2. The highest BCUT2D eigenvalue weighted by Gasteiger charge is 2.04. The number of aromatic hydroxyl groups is 1. The number of nitrogens with zero attached hydrogens (tertiary/aromatic N) is 1. The van der Waals surface area contributed by atoms with Gasteiger partial charge in [-0.05, 0) is 29.8 Å². The van der Waals surface area contributed by atoms with Gasteiger partial charge in [-0.15, -0.1) is 0 Å². The van der Waals surface area contributed by atoms with Crippen LogP contribution in [0.4, 0.5) is 0 Å². The van der Waals surface area contributed by atoms with E-state index in [-0.39, 0.29) is 18.1 Å². The molecule has 0 atom stereocenters. The van der Waals surface area contributed by atoms with Crippen LogP contribution in [-0.4, -0.2) is 31.4 Å². The molecule has 0 aliphatic heterocycles. The third kappa shape index (κ3) is 4.74. The molecule has 0 unspecified atom stereocenters. The Bertz CT molecular complexity index is 713. The molecule has 1 amide bonds. The Morgan fingerprint density at radius 1 is 1.22 bits per heavy atom. The number of hydrogen-bond donors (Lipinski definition) is 2. The Morgan fingerprint density at radius 3 is 2.78 bits per heavy atom. The highest BCUT2D eigenvalue weighted by Crippen LogP contribution is 2.22. The zero-order chi connectivity index (χ0) is 16.7. The van der Waals surface area contributed by atoms with Gasteiger partial charge in [-0.2, -0.15) is 5.10 Å². The molecule has 0 aliphatic carbocycles. The number of ether oxygens (including phenoxy) is 2. The maximum atomic E-state index is 11.9. The van der Waals surface area contributed by atoms with Crippen LogP contribution >= 0.6 is 0 Å². The van der Waals surface area contributed by atoms with Crippen molar-refractivity contribution in [1.82, 2.24) is 5.43 Å². The largest absolute Gasteiger partial charge is 0.508 e. The summed E-state index contributed by atoms with van der Waals surface area (Å²) in [4.78, 5) is 11.9. The minimum Gasteiger partial charge on any atom is -0.508 e. The van der Waals surface area contributed by atoms with Crippen LogP contribution in [0.15, 0.2) is 47.6 Å². The lowest BCUT2D eigenvalue weighted by molar-refractivity contribution is -0.120. The number of phenols is 1. The number of carbonyl (C=O) groups excluding carboxylic acids is 1. The first kappa shape index (κ1) is 16.4. The number of carbonyl (C=O) groups is 1. The zero-order valence-corrected chi connectivity index (χ0v) is 12.9. The summed E-state index contributed by atoms with van der Waals surface area (Å²) in [6.45, 7) is 0. The number of rotatable bonds is 6. The van der Waals surface area contributed by atoms with Crippen molar-refractivity contribution in [2.75, 3.05) is 14.2 Å². The fourth-order valence-electron chi connectivity index (χ4n) is 1.99. The van der Waals surface area contributed by atoms with E-state index in [1.807, 2.05) is 18.2 Å². The Morgan fingerprint density at radius 2 is 2.04 bits per heavy atom. The van der Waals surface area contributed by atoms with Crippen molar-refractivity contribution in [3.05, 3.63) is 53.6 Å². The molecule has 0 bridgehead atoms. The molecule has 0 aromatic heterocycles. The molecule has 6 heteroatoms. The van der Waals surface area contributed by atoms with Crippen molar-refractivity contribution in [2.45, 2.75) is 6.42 Å². The normalized spacial score (nSPS) is 10.5. The van der Waals surface area contributed by atoms with E-state index in [9.17, 15) is 9.90 Å². The molecule has 23 heavy (non-hydrogen) atoms. The Kier molecular flexibility index (Phi) is 5.57. The van der Waals surface area contributed by atoms with Gasteiger partial charge in [0.1, 0.15) is 17.2 Å². The Balaban J connectivity index is 1.96. The second kappa shape index (κ2) is 7.84. The number of amides is 1. The minimum absolute atomic E-state index is 0.0982. The highest BCUT2D eigenvalue weighted by atomic mass is 16.5. The standard InChI is InChI=1S/C17H18N2O4/c1-22-15-5-3-4-12(8-15)9-17(21)19-18-11-13-6-7-14(20)10-16(13)23-2/h3-8,10-11,20H,9H2,1-2H3,(H,19,21). The smallest absolute Gasteiger partial charge is 0.244 e. The fourth-order valence-corrected chi connectivity index (χ4v) is 1.99. The molecule has 0 radical (unpaired) electrons. The van der Waals surface area contributed by atoms with Crippen molar-refractivity contribution >= 4 is 12.1 Å². The summed E-state index contributed by atoms with van der Waals surface area (Å²) in [6.07, 6.45) is 1.66. The Hall–Kier alpha value is -3.02. The van der Waals surface area contributed by atoms with Crippen LogP contribution in [0.3, 0.4) is 0 Å². The lowest BCUT2D eigenvalue weighted by Gasteiger charge is -2.05. The molecule has 120 valence electrons. The first-order chi connectivity index (χ1) is 11.1. The van der Waals surface area contributed by atoms with Crippen LogP contribution < -0.4 is 14.9 Å². The van der Waals surface area contributed by atoms with Crippen LogP contribution in [0, 0.1) is 0 Å². The van der Waals surface area contributed by atoms with Crippen molar-refractivity contribution in [2.24, 2.45) is 5.10 Å². The summed E-state index contributed by atoms with van der Waals surface area (Å²) >= 11 is 0. The second-order valence-corrected chi connectivity index (χ2v) is 4.75. The van der Waals surface area contributed by atoms with Gasteiger partial charge in [0.25, 0.3) is 0 Å². The summed E-state index contributed by atoms with van der Waals surface area (Å²) in [7, 11) is 3.07. The van der Waals surface area contributed by atoms with Gasteiger partial charge in [0.15, 0.2) is 0 Å². The Labute approximate surface area is 134 Å². The first-order valence-electron chi connectivity index (χ1n) is 6.94. The lowest BCUT2D eigenvalue weighted by atomic mass is 10.1. The van der Waals surface area contributed by atoms with Crippen LogP contribution in [0.2, 0.25) is 0 Å². The van der Waals surface area contributed by atoms with Crippen molar-refractivity contribution in [3.63, 3.8) is 0 Å². The number of hydrogen-bond acceptors (Lipinski definition) is 5. The number of nitrogens with one attached hydrogen (secondary N) is 1. The molecular formula is C17H18N2O4. The molecule has 0 heterocycles. The summed E-state index contributed by atoms with van der Waals surface area (Å²) in [6, 6.07) is 11.9. The average molecular weight is 314 g/mol. The number of benzene rings is 2. The van der Waals surface area contributed by atoms with E-state index in [0.717, 1.165) is 5.56 Å². The van der Waals surface area contributed by atoms with Crippen molar-refractivity contribution in [1.29, 1.82) is 0 Å². The zero-order valence-electron chi connectivity index (χ0n) is 12.9. The second-order valence-electron chi connectivity index (χ2n) is 4.75. The number of hydrazone groups is 1.